The van der Waals surface area contributed by atoms with Crippen LogP contribution >= 0.6 is 0 Å². The van der Waals surface area contributed by atoms with Gasteiger partial charge in [-0.25, -0.2) is 13.6 Å². The monoisotopic (exact) mass is 257 g/mol. The Morgan fingerprint density at radius 3 is 2.28 bits per heavy atom. The molecule has 100 valence electrons. The number of nitrogens with one attached hydrogen (secondary N) is 1. The zero-order valence-electron chi connectivity index (χ0n) is 10.7. The van der Waals surface area contributed by atoms with E-state index in [1.54, 1.807) is 0 Å². The van der Waals surface area contributed by atoms with Crippen LogP contribution in [-0.2, 0) is 0 Å². The summed E-state index contributed by atoms with van der Waals surface area (Å²) in [6, 6.07) is 2.32. The summed E-state index contributed by atoms with van der Waals surface area (Å²) in [6.07, 6.45) is 1.48. The fraction of sp³-hybridized carbons (Fsp3) is 0.462. The lowest BCUT2D eigenvalue weighted by molar-refractivity contribution is 0.0690. The molecule has 18 heavy (non-hydrogen) atoms. The summed E-state index contributed by atoms with van der Waals surface area (Å²) in [6.45, 7) is 5.78. The molecule has 0 aliphatic heterocycles. The van der Waals surface area contributed by atoms with Crippen molar-refractivity contribution in [1.29, 1.82) is 0 Å². The molecule has 0 spiro atoms. The second kappa shape index (κ2) is 5.33. The standard InChI is InChI=1S/C13H17F2NO2/c1-4-13(3,5-2)16-9-7-6-8(12(17)18)10(14)11(9)15/h6-7,16H,4-5H2,1-3H3,(H,17,18). The van der Waals surface area contributed by atoms with E-state index in [0.29, 0.717) is 0 Å². The molecule has 0 heterocycles. The normalized spacial score (nSPS) is 11.4. The summed E-state index contributed by atoms with van der Waals surface area (Å²) < 4.78 is 27.2. The van der Waals surface area contributed by atoms with E-state index >= 15 is 0 Å². The summed E-state index contributed by atoms with van der Waals surface area (Å²) in [4.78, 5) is 10.7. The highest BCUT2D eigenvalue weighted by Gasteiger charge is 2.24. The maximum atomic E-state index is 13.7. The van der Waals surface area contributed by atoms with Gasteiger partial charge in [-0.2, -0.15) is 0 Å². The van der Waals surface area contributed by atoms with E-state index in [9.17, 15) is 13.6 Å². The van der Waals surface area contributed by atoms with E-state index in [4.69, 9.17) is 5.11 Å². The first-order valence-electron chi connectivity index (χ1n) is 5.84. The van der Waals surface area contributed by atoms with Gasteiger partial charge in [0.25, 0.3) is 0 Å². The third-order valence-corrected chi connectivity index (χ3v) is 3.31. The minimum absolute atomic E-state index is 0.0105. The van der Waals surface area contributed by atoms with Crippen LogP contribution in [0.15, 0.2) is 12.1 Å². The number of hydrogen-bond donors (Lipinski definition) is 2. The van der Waals surface area contributed by atoms with Crippen molar-refractivity contribution in [3.05, 3.63) is 29.3 Å². The Balaban J connectivity index is 3.13. The molecule has 0 bridgehead atoms. The quantitative estimate of drug-likeness (QED) is 0.846. The van der Waals surface area contributed by atoms with Crippen LogP contribution < -0.4 is 5.32 Å². The first kappa shape index (κ1) is 14.4. The second-order valence-electron chi connectivity index (χ2n) is 4.49. The minimum Gasteiger partial charge on any atom is -0.478 e. The molecule has 0 atom stereocenters. The van der Waals surface area contributed by atoms with Crippen molar-refractivity contribution in [3.8, 4) is 0 Å². The fourth-order valence-electron chi connectivity index (χ4n) is 1.56. The fourth-order valence-corrected chi connectivity index (χ4v) is 1.56. The molecule has 0 amide bonds. The van der Waals surface area contributed by atoms with Gasteiger partial charge in [0.2, 0.25) is 0 Å². The van der Waals surface area contributed by atoms with Crippen molar-refractivity contribution in [3.63, 3.8) is 0 Å². The molecule has 0 saturated carbocycles. The molecule has 1 rings (SSSR count). The van der Waals surface area contributed by atoms with Crippen molar-refractivity contribution in [2.75, 3.05) is 5.32 Å². The molecule has 0 aliphatic carbocycles. The Kier molecular flexibility index (Phi) is 4.27. The van der Waals surface area contributed by atoms with E-state index in [1.165, 1.54) is 6.07 Å². The van der Waals surface area contributed by atoms with Gasteiger partial charge in [0, 0.05) is 5.54 Å². The number of carboxylic acids is 1. The maximum Gasteiger partial charge on any atom is 0.338 e. The van der Waals surface area contributed by atoms with E-state index in [2.05, 4.69) is 5.32 Å². The van der Waals surface area contributed by atoms with Gasteiger partial charge in [0.05, 0.1) is 11.3 Å². The smallest absolute Gasteiger partial charge is 0.338 e. The highest BCUT2D eigenvalue weighted by Crippen LogP contribution is 2.26. The van der Waals surface area contributed by atoms with Crippen LogP contribution in [0.1, 0.15) is 44.0 Å². The molecule has 5 heteroatoms. The van der Waals surface area contributed by atoms with Gasteiger partial charge < -0.3 is 10.4 Å². The molecular weight excluding hydrogens is 240 g/mol. The number of benzene rings is 1. The van der Waals surface area contributed by atoms with Crippen LogP contribution in [0.5, 0.6) is 0 Å². The number of carbonyl (C=O) groups is 1. The number of halogens is 2. The molecule has 1 aromatic rings. The summed E-state index contributed by atoms with van der Waals surface area (Å²) in [5.74, 6) is -3.96. The number of rotatable bonds is 5. The predicted octanol–water partition coefficient (Wildman–Crippen LogP) is 3.65. The summed E-state index contributed by atoms with van der Waals surface area (Å²) in [5, 5.41) is 11.6. The van der Waals surface area contributed by atoms with Gasteiger partial charge in [-0.1, -0.05) is 13.8 Å². The zero-order chi connectivity index (χ0) is 13.9. The molecule has 0 unspecified atom stereocenters. The molecule has 2 N–H and O–H groups in total. The van der Waals surface area contributed by atoms with Crippen LogP contribution in [0, 0.1) is 11.6 Å². The lowest BCUT2D eigenvalue weighted by Crippen LogP contribution is -2.33. The summed E-state index contributed by atoms with van der Waals surface area (Å²) >= 11 is 0. The molecule has 0 aromatic heterocycles. The number of carboxylic acid groups (broad SMARTS) is 1. The first-order chi connectivity index (χ1) is 8.34. The Labute approximate surface area is 105 Å². The SMILES string of the molecule is CCC(C)(CC)Nc1ccc(C(=O)O)c(F)c1F. The molecule has 0 radical (unpaired) electrons. The Morgan fingerprint density at radius 1 is 1.28 bits per heavy atom. The Hall–Kier alpha value is -1.65. The second-order valence-corrected chi connectivity index (χ2v) is 4.49. The van der Waals surface area contributed by atoms with Gasteiger partial charge in [0.15, 0.2) is 11.6 Å². The summed E-state index contributed by atoms with van der Waals surface area (Å²) in [7, 11) is 0. The molecule has 0 aliphatic rings. The van der Waals surface area contributed by atoms with Crippen molar-refractivity contribution in [2.24, 2.45) is 0 Å². The largest absolute Gasteiger partial charge is 0.478 e. The van der Waals surface area contributed by atoms with Crippen LogP contribution in [0.3, 0.4) is 0 Å². The van der Waals surface area contributed by atoms with Crippen LogP contribution in [-0.4, -0.2) is 16.6 Å². The minimum atomic E-state index is -1.48. The molecule has 3 nitrogen and oxygen atoms in total. The van der Waals surface area contributed by atoms with E-state index in [1.807, 2.05) is 20.8 Å². The van der Waals surface area contributed by atoms with Crippen molar-refractivity contribution in [2.45, 2.75) is 39.2 Å². The topological polar surface area (TPSA) is 49.3 Å². The maximum absolute atomic E-state index is 13.7. The third kappa shape index (κ3) is 2.78. The number of hydrogen-bond acceptors (Lipinski definition) is 2. The lowest BCUT2D eigenvalue weighted by atomic mass is 9.95. The average Bonchev–Trinajstić information content (AvgIpc) is 2.34. The highest BCUT2D eigenvalue weighted by atomic mass is 19.2. The molecule has 1 aromatic carbocycles. The van der Waals surface area contributed by atoms with E-state index in [0.717, 1.165) is 18.9 Å². The van der Waals surface area contributed by atoms with E-state index in [-0.39, 0.29) is 11.2 Å². The first-order valence-corrected chi connectivity index (χ1v) is 5.84. The molecule has 0 fully saturated rings. The predicted molar refractivity (Wildman–Crippen MR) is 65.9 cm³/mol. The Bertz CT molecular complexity index is 457. The Morgan fingerprint density at radius 2 is 1.83 bits per heavy atom. The van der Waals surface area contributed by atoms with Gasteiger partial charge in [-0.15, -0.1) is 0 Å². The molecule has 0 saturated heterocycles. The number of aromatic carboxylic acids is 1. The van der Waals surface area contributed by atoms with Crippen LogP contribution in [0.2, 0.25) is 0 Å². The number of anilines is 1. The van der Waals surface area contributed by atoms with Crippen molar-refractivity contribution < 1.29 is 18.7 Å². The van der Waals surface area contributed by atoms with Crippen LogP contribution in [0.4, 0.5) is 14.5 Å². The van der Waals surface area contributed by atoms with Gasteiger partial charge in [-0.3, -0.25) is 0 Å². The van der Waals surface area contributed by atoms with Crippen LogP contribution in [0.25, 0.3) is 0 Å². The summed E-state index contributed by atoms with van der Waals surface area (Å²) in [5.41, 5.74) is -1.02. The van der Waals surface area contributed by atoms with Crippen molar-refractivity contribution >= 4 is 11.7 Å². The average molecular weight is 257 g/mol. The third-order valence-electron chi connectivity index (χ3n) is 3.31. The van der Waals surface area contributed by atoms with Gasteiger partial charge in [0.1, 0.15) is 0 Å². The van der Waals surface area contributed by atoms with Gasteiger partial charge in [-0.05, 0) is 31.9 Å². The van der Waals surface area contributed by atoms with Crippen molar-refractivity contribution in [1.82, 2.24) is 0 Å². The molecular formula is C13H17F2NO2. The highest BCUT2D eigenvalue weighted by molar-refractivity contribution is 5.88. The zero-order valence-corrected chi connectivity index (χ0v) is 10.7. The lowest BCUT2D eigenvalue weighted by Gasteiger charge is -2.29. The van der Waals surface area contributed by atoms with E-state index < -0.39 is 23.2 Å². The van der Waals surface area contributed by atoms with Gasteiger partial charge >= 0.3 is 5.97 Å².